The SMILES string of the molecule is COc1cc(Cc2sc(=O)[nH]c2O)ccc1OCN1c2ccccc2Sc2ccccc21. The third kappa shape index (κ3) is 3.94. The van der Waals surface area contributed by atoms with Crippen molar-refractivity contribution in [1.82, 2.24) is 4.98 Å². The van der Waals surface area contributed by atoms with E-state index in [0.717, 1.165) is 28.3 Å². The number of nitrogens with one attached hydrogen (secondary N) is 1. The maximum Gasteiger partial charge on any atom is 0.307 e. The normalized spacial score (nSPS) is 12.2. The first-order chi connectivity index (χ1) is 15.6. The van der Waals surface area contributed by atoms with Gasteiger partial charge in [-0.2, -0.15) is 0 Å². The summed E-state index contributed by atoms with van der Waals surface area (Å²) in [5, 5.41) is 9.85. The van der Waals surface area contributed by atoms with Crippen LogP contribution < -0.4 is 19.2 Å². The number of hydrogen-bond acceptors (Lipinski definition) is 7. The Bertz CT molecular complexity index is 1290. The van der Waals surface area contributed by atoms with Gasteiger partial charge in [-0.15, -0.1) is 0 Å². The van der Waals surface area contributed by atoms with Crippen LogP contribution in [-0.2, 0) is 6.42 Å². The van der Waals surface area contributed by atoms with Gasteiger partial charge in [-0.1, -0.05) is 53.4 Å². The van der Waals surface area contributed by atoms with E-state index in [-0.39, 0.29) is 10.8 Å². The van der Waals surface area contributed by atoms with E-state index in [1.165, 1.54) is 9.79 Å². The minimum absolute atomic E-state index is 0.0837. The Morgan fingerprint density at radius 2 is 1.66 bits per heavy atom. The Hall–Kier alpha value is -3.36. The molecule has 0 bridgehead atoms. The van der Waals surface area contributed by atoms with Crippen LogP contribution in [0.2, 0.25) is 0 Å². The van der Waals surface area contributed by atoms with Gasteiger partial charge in [-0.3, -0.25) is 9.78 Å². The van der Waals surface area contributed by atoms with Crippen LogP contribution in [0.4, 0.5) is 11.4 Å². The van der Waals surface area contributed by atoms with Crippen molar-refractivity contribution >= 4 is 34.5 Å². The number of aromatic amines is 1. The zero-order valence-electron chi connectivity index (χ0n) is 17.2. The molecule has 0 atom stereocenters. The molecule has 32 heavy (non-hydrogen) atoms. The average molecular weight is 465 g/mol. The second-order valence-corrected chi connectivity index (χ2v) is 9.34. The highest BCUT2D eigenvalue weighted by Gasteiger charge is 2.23. The summed E-state index contributed by atoms with van der Waals surface area (Å²) in [6, 6.07) is 22.2. The number of thiazole rings is 1. The molecule has 0 fully saturated rings. The van der Waals surface area contributed by atoms with Gasteiger partial charge >= 0.3 is 4.87 Å². The molecule has 4 aromatic rings. The molecular formula is C24H20N2O4S2. The molecule has 0 saturated carbocycles. The van der Waals surface area contributed by atoms with Crippen molar-refractivity contribution in [2.75, 3.05) is 18.7 Å². The van der Waals surface area contributed by atoms with Crippen LogP contribution in [0.15, 0.2) is 81.3 Å². The molecule has 0 spiro atoms. The fourth-order valence-corrected chi connectivity index (χ4v) is 5.51. The number of H-pyrrole nitrogens is 1. The predicted molar refractivity (Wildman–Crippen MR) is 127 cm³/mol. The number of rotatable bonds is 6. The van der Waals surface area contributed by atoms with E-state index >= 15 is 0 Å². The zero-order valence-corrected chi connectivity index (χ0v) is 18.8. The summed E-state index contributed by atoms with van der Waals surface area (Å²) in [5.74, 6) is 1.13. The summed E-state index contributed by atoms with van der Waals surface area (Å²) < 4.78 is 11.8. The third-order valence-electron chi connectivity index (χ3n) is 5.17. The standard InChI is InChI=1S/C24H20N2O4S2/c1-29-19-12-15(13-22-23(27)25-24(28)32-22)10-11-18(19)30-14-26-16-6-2-4-8-20(16)31-21-9-5-3-7-17(21)26/h2-12,27H,13-14H2,1H3,(H,25,28). The van der Waals surface area contributed by atoms with Gasteiger partial charge in [0.2, 0.25) is 5.88 Å². The predicted octanol–water partition coefficient (Wildman–Crippen LogP) is 5.38. The van der Waals surface area contributed by atoms with E-state index in [0.29, 0.717) is 29.5 Å². The van der Waals surface area contributed by atoms with Gasteiger partial charge < -0.3 is 19.5 Å². The minimum Gasteiger partial charge on any atom is -0.494 e. The molecule has 2 N–H and O–H groups in total. The van der Waals surface area contributed by atoms with Crippen LogP contribution in [0, 0.1) is 0 Å². The Balaban J connectivity index is 1.39. The summed E-state index contributed by atoms with van der Waals surface area (Å²) in [4.78, 5) is 18.7. The van der Waals surface area contributed by atoms with Crippen molar-refractivity contribution in [3.63, 3.8) is 0 Å². The van der Waals surface area contributed by atoms with Crippen molar-refractivity contribution < 1.29 is 14.6 Å². The van der Waals surface area contributed by atoms with E-state index in [4.69, 9.17) is 9.47 Å². The lowest BCUT2D eigenvalue weighted by Gasteiger charge is -2.32. The van der Waals surface area contributed by atoms with Gasteiger partial charge in [0.05, 0.1) is 23.4 Å². The topological polar surface area (TPSA) is 74.8 Å². The molecule has 0 aliphatic carbocycles. The fraction of sp³-hybridized carbons (Fsp3) is 0.125. The summed E-state index contributed by atoms with van der Waals surface area (Å²) in [6.45, 7) is 0.324. The monoisotopic (exact) mass is 464 g/mol. The molecule has 162 valence electrons. The minimum atomic E-state index is -0.273. The van der Waals surface area contributed by atoms with E-state index < -0.39 is 0 Å². The average Bonchev–Trinajstić information content (AvgIpc) is 3.13. The zero-order chi connectivity index (χ0) is 22.1. The number of methoxy groups -OCH3 is 1. The molecular weight excluding hydrogens is 444 g/mol. The number of anilines is 2. The highest BCUT2D eigenvalue weighted by molar-refractivity contribution is 7.99. The maximum absolute atomic E-state index is 11.4. The molecule has 6 nitrogen and oxygen atoms in total. The second-order valence-electron chi connectivity index (χ2n) is 7.19. The van der Waals surface area contributed by atoms with E-state index in [1.807, 2.05) is 42.5 Å². The highest BCUT2D eigenvalue weighted by atomic mass is 32.2. The van der Waals surface area contributed by atoms with E-state index in [1.54, 1.807) is 18.9 Å². The smallest absolute Gasteiger partial charge is 0.307 e. The van der Waals surface area contributed by atoms with Crippen LogP contribution in [0.25, 0.3) is 0 Å². The number of nitrogens with zero attached hydrogens (tertiary/aromatic N) is 1. The Labute approximate surface area is 193 Å². The molecule has 8 heteroatoms. The number of aromatic nitrogens is 1. The van der Waals surface area contributed by atoms with Crippen LogP contribution >= 0.6 is 23.1 Å². The van der Waals surface area contributed by atoms with Gasteiger partial charge in [0.15, 0.2) is 18.2 Å². The van der Waals surface area contributed by atoms with E-state index in [2.05, 4.69) is 34.1 Å². The molecule has 0 unspecified atom stereocenters. The molecule has 1 aliphatic heterocycles. The molecule has 0 saturated heterocycles. The Kier molecular flexibility index (Phi) is 5.55. The summed E-state index contributed by atoms with van der Waals surface area (Å²) in [5.41, 5.74) is 3.11. The van der Waals surface area contributed by atoms with Crippen molar-refractivity contribution in [1.29, 1.82) is 0 Å². The summed E-state index contributed by atoms with van der Waals surface area (Å²) >= 11 is 2.76. The number of para-hydroxylation sites is 2. The van der Waals surface area contributed by atoms with Crippen LogP contribution in [-0.4, -0.2) is 23.9 Å². The number of fused-ring (bicyclic) bond motifs is 2. The van der Waals surface area contributed by atoms with Crippen LogP contribution in [0.5, 0.6) is 17.4 Å². The van der Waals surface area contributed by atoms with Gasteiger partial charge in [0, 0.05) is 16.2 Å². The van der Waals surface area contributed by atoms with Crippen molar-refractivity contribution in [3.05, 3.63) is 86.8 Å². The number of aromatic hydroxyl groups is 1. The molecule has 1 aliphatic rings. The lowest BCUT2D eigenvalue weighted by molar-refractivity contribution is 0.300. The number of hydrogen-bond donors (Lipinski definition) is 2. The second kappa shape index (κ2) is 8.64. The quantitative estimate of drug-likeness (QED) is 0.399. The number of benzene rings is 3. The van der Waals surface area contributed by atoms with E-state index in [9.17, 15) is 9.90 Å². The largest absolute Gasteiger partial charge is 0.494 e. The summed E-state index contributed by atoms with van der Waals surface area (Å²) in [6.07, 6.45) is 0.427. The molecule has 1 aromatic heterocycles. The van der Waals surface area contributed by atoms with Crippen molar-refractivity contribution in [2.45, 2.75) is 16.2 Å². The highest BCUT2D eigenvalue weighted by Crippen LogP contribution is 2.47. The Morgan fingerprint density at radius 1 is 0.969 bits per heavy atom. The lowest BCUT2D eigenvalue weighted by atomic mass is 10.1. The van der Waals surface area contributed by atoms with Crippen LogP contribution in [0.3, 0.4) is 0 Å². The van der Waals surface area contributed by atoms with Crippen molar-refractivity contribution in [2.24, 2.45) is 0 Å². The van der Waals surface area contributed by atoms with Gasteiger partial charge in [-0.25, -0.2) is 0 Å². The molecule has 0 amide bonds. The molecule has 5 rings (SSSR count). The Morgan fingerprint density at radius 3 is 2.28 bits per heavy atom. The van der Waals surface area contributed by atoms with Gasteiger partial charge in [-0.05, 0) is 42.0 Å². The fourth-order valence-electron chi connectivity index (χ4n) is 3.65. The van der Waals surface area contributed by atoms with Crippen molar-refractivity contribution in [3.8, 4) is 17.4 Å². The van der Waals surface area contributed by atoms with Gasteiger partial charge in [0.25, 0.3) is 0 Å². The molecule has 2 heterocycles. The number of ether oxygens (including phenoxy) is 2. The first kappa shape index (κ1) is 20.5. The first-order valence-corrected chi connectivity index (χ1v) is 11.6. The van der Waals surface area contributed by atoms with Gasteiger partial charge in [0.1, 0.15) is 0 Å². The lowest BCUT2D eigenvalue weighted by Crippen LogP contribution is -2.25. The molecule has 0 radical (unpaired) electrons. The maximum atomic E-state index is 11.4. The first-order valence-electron chi connectivity index (χ1n) is 9.96. The summed E-state index contributed by atoms with van der Waals surface area (Å²) in [7, 11) is 1.60. The third-order valence-corrected chi connectivity index (χ3v) is 7.18. The van der Waals surface area contributed by atoms with Crippen LogP contribution in [0.1, 0.15) is 10.4 Å². The molecule has 3 aromatic carbocycles.